The Labute approximate surface area is 106 Å². The van der Waals surface area contributed by atoms with E-state index in [0.29, 0.717) is 5.56 Å². The van der Waals surface area contributed by atoms with E-state index in [0.717, 1.165) is 0 Å². The summed E-state index contributed by atoms with van der Waals surface area (Å²) in [5, 5.41) is 21.3. The van der Waals surface area contributed by atoms with Gasteiger partial charge in [0.2, 0.25) is 6.41 Å². The van der Waals surface area contributed by atoms with Gasteiger partial charge in [0.25, 0.3) is 0 Å². The van der Waals surface area contributed by atoms with Gasteiger partial charge >= 0.3 is 5.97 Å². The molecular formula is C13H19NO4. The van der Waals surface area contributed by atoms with Crippen molar-refractivity contribution in [1.29, 1.82) is 0 Å². The molecule has 0 aromatic heterocycles. The Morgan fingerprint density at radius 2 is 1.83 bits per heavy atom. The van der Waals surface area contributed by atoms with E-state index in [1.807, 2.05) is 0 Å². The molecule has 5 heteroatoms. The van der Waals surface area contributed by atoms with Crippen LogP contribution in [-0.4, -0.2) is 28.2 Å². The van der Waals surface area contributed by atoms with E-state index in [4.69, 9.17) is 9.84 Å². The number of ether oxygens (including phenoxy) is 1. The van der Waals surface area contributed by atoms with Crippen molar-refractivity contribution in [3.8, 4) is 0 Å². The highest BCUT2D eigenvalue weighted by Gasteiger charge is 2.25. The zero-order chi connectivity index (χ0) is 13.8. The number of carbonyl (C=O) groups is 1. The first kappa shape index (κ1) is 14.6. The van der Waals surface area contributed by atoms with Gasteiger partial charge in [0.1, 0.15) is 6.04 Å². The van der Waals surface area contributed by atoms with Crippen LogP contribution in [0.4, 0.5) is 0 Å². The first-order chi connectivity index (χ1) is 8.29. The van der Waals surface area contributed by atoms with Gasteiger partial charge in [-0.25, -0.2) is 0 Å². The Balaban J connectivity index is 2.74. The summed E-state index contributed by atoms with van der Waals surface area (Å²) in [6.07, 6.45) is -1.34. The molecule has 0 heterocycles. The molecule has 0 aliphatic carbocycles. The van der Waals surface area contributed by atoms with Crippen LogP contribution in [0.15, 0.2) is 30.3 Å². The first-order valence-corrected chi connectivity index (χ1v) is 5.69. The first-order valence-electron chi connectivity index (χ1n) is 5.69. The zero-order valence-corrected chi connectivity index (χ0v) is 10.8. The van der Waals surface area contributed by atoms with Gasteiger partial charge in [-0.2, -0.15) is 0 Å². The molecular weight excluding hydrogens is 234 g/mol. The molecule has 0 radical (unpaired) electrons. The van der Waals surface area contributed by atoms with Crippen molar-refractivity contribution < 1.29 is 19.7 Å². The summed E-state index contributed by atoms with van der Waals surface area (Å²) >= 11 is 0. The Morgan fingerprint density at radius 3 is 2.28 bits per heavy atom. The largest absolute Gasteiger partial charge is 0.480 e. The van der Waals surface area contributed by atoms with Gasteiger partial charge in [0, 0.05) is 0 Å². The predicted octanol–water partition coefficient (Wildman–Crippen LogP) is 1.49. The fourth-order valence-electron chi connectivity index (χ4n) is 1.47. The van der Waals surface area contributed by atoms with Gasteiger partial charge in [-0.1, -0.05) is 30.3 Å². The van der Waals surface area contributed by atoms with Crippen molar-refractivity contribution in [2.24, 2.45) is 0 Å². The van der Waals surface area contributed by atoms with E-state index in [-0.39, 0.29) is 0 Å². The molecule has 0 aliphatic rings. The zero-order valence-electron chi connectivity index (χ0n) is 10.8. The van der Waals surface area contributed by atoms with Gasteiger partial charge in [-0.05, 0) is 26.3 Å². The number of hydrogen-bond acceptors (Lipinski definition) is 4. The summed E-state index contributed by atoms with van der Waals surface area (Å²) in [6, 6.07) is 7.62. The number of hydrogen-bond donors (Lipinski definition) is 3. The normalized spacial score (nSPS) is 15.1. The highest BCUT2D eigenvalue weighted by molar-refractivity contribution is 5.75. The summed E-state index contributed by atoms with van der Waals surface area (Å²) in [7, 11) is 0. The maximum atomic E-state index is 11.2. The van der Waals surface area contributed by atoms with Crippen LogP contribution in [0.25, 0.3) is 0 Å². The smallest absolute Gasteiger partial charge is 0.325 e. The van der Waals surface area contributed by atoms with Gasteiger partial charge < -0.3 is 14.9 Å². The van der Waals surface area contributed by atoms with Crippen molar-refractivity contribution in [2.75, 3.05) is 0 Å². The third kappa shape index (κ3) is 4.83. The molecule has 3 N–H and O–H groups in total. The quantitative estimate of drug-likeness (QED) is 0.693. The summed E-state index contributed by atoms with van der Waals surface area (Å²) in [4.78, 5) is 11.2. The van der Waals surface area contributed by atoms with Crippen molar-refractivity contribution in [3.05, 3.63) is 35.9 Å². The Hall–Kier alpha value is -1.43. The molecule has 1 aromatic carbocycles. The predicted molar refractivity (Wildman–Crippen MR) is 66.8 cm³/mol. The lowest BCUT2D eigenvalue weighted by Gasteiger charge is -2.26. The molecule has 1 unspecified atom stereocenters. The van der Waals surface area contributed by atoms with Gasteiger partial charge in [-0.3, -0.25) is 10.1 Å². The average molecular weight is 253 g/mol. The topological polar surface area (TPSA) is 78.8 Å². The Morgan fingerprint density at radius 1 is 1.28 bits per heavy atom. The standard InChI is InChI=1S/C13H19NO4/c1-13(2,3)18-12(17)14-10(11(15)16)9-7-5-4-6-8-9/h4-8,10,12,14,17H,1-3H3,(H,15,16)/t10-,12?/m1/s1. The van der Waals surface area contributed by atoms with Crippen LogP contribution >= 0.6 is 0 Å². The van der Waals surface area contributed by atoms with E-state index in [1.165, 1.54) is 0 Å². The lowest BCUT2D eigenvalue weighted by atomic mass is 10.1. The van der Waals surface area contributed by atoms with Crippen molar-refractivity contribution in [1.82, 2.24) is 5.32 Å². The van der Waals surface area contributed by atoms with Crippen LogP contribution in [0.3, 0.4) is 0 Å². The minimum Gasteiger partial charge on any atom is -0.480 e. The van der Waals surface area contributed by atoms with Gasteiger partial charge in [-0.15, -0.1) is 0 Å². The van der Waals surface area contributed by atoms with E-state index >= 15 is 0 Å². The average Bonchev–Trinajstić information content (AvgIpc) is 2.24. The summed E-state index contributed by atoms with van der Waals surface area (Å²) in [5.41, 5.74) is -0.00634. The Bertz CT molecular complexity index is 386. The number of carboxylic acids is 1. The van der Waals surface area contributed by atoms with Gasteiger partial charge in [0.05, 0.1) is 5.60 Å². The monoisotopic (exact) mass is 253 g/mol. The molecule has 18 heavy (non-hydrogen) atoms. The summed E-state index contributed by atoms with van der Waals surface area (Å²) in [5.74, 6) is -1.07. The summed E-state index contributed by atoms with van der Waals surface area (Å²) < 4.78 is 5.22. The molecule has 0 amide bonds. The summed E-state index contributed by atoms with van der Waals surface area (Å²) in [6.45, 7) is 5.32. The number of aliphatic hydroxyl groups excluding tert-OH is 1. The molecule has 0 aliphatic heterocycles. The molecule has 0 saturated carbocycles. The van der Waals surface area contributed by atoms with Crippen molar-refractivity contribution in [3.63, 3.8) is 0 Å². The maximum Gasteiger partial charge on any atom is 0.325 e. The number of nitrogens with one attached hydrogen (secondary N) is 1. The minimum atomic E-state index is -1.34. The lowest BCUT2D eigenvalue weighted by Crippen LogP contribution is -2.42. The number of aliphatic hydroxyl groups is 1. The molecule has 0 bridgehead atoms. The molecule has 0 saturated heterocycles. The number of carboxylic acid groups (broad SMARTS) is 1. The maximum absolute atomic E-state index is 11.2. The van der Waals surface area contributed by atoms with Crippen molar-refractivity contribution >= 4 is 5.97 Å². The van der Waals surface area contributed by atoms with E-state index in [9.17, 15) is 9.90 Å². The van der Waals surface area contributed by atoms with Crippen LogP contribution in [-0.2, 0) is 9.53 Å². The third-order valence-corrected chi connectivity index (χ3v) is 2.15. The fourth-order valence-corrected chi connectivity index (χ4v) is 1.47. The SMILES string of the molecule is CC(C)(C)OC(O)N[C@@H](C(=O)O)c1ccccc1. The van der Waals surface area contributed by atoms with Crippen LogP contribution < -0.4 is 5.32 Å². The second-order valence-corrected chi connectivity index (χ2v) is 4.93. The minimum absolute atomic E-state index is 0.557. The van der Waals surface area contributed by atoms with Crippen LogP contribution in [0.1, 0.15) is 32.4 Å². The molecule has 0 spiro atoms. The molecule has 1 aromatic rings. The van der Waals surface area contributed by atoms with Crippen LogP contribution in [0, 0.1) is 0 Å². The van der Waals surface area contributed by atoms with E-state index in [2.05, 4.69) is 5.32 Å². The van der Waals surface area contributed by atoms with E-state index in [1.54, 1.807) is 51.1 Å². The van der Waals surface area contributed by atoms with Crippen molar-refractivity contribution in [2.45, 2.75) is 38.8 Å². The third-order valence-electron chi connectivity index (χ3n) is 2.15. The molecule has 2 atom stereocenters. The number of rotatable bonds is 5. The lowest BCUT2D eigenvalue weighted by molar-refractivity contribution is -0.189. The molecule has 0 fully saturated rings. The highest BCUT2D eigenvalue weighted by Crippen LogP contribution is 2.15. The fraction of sp³-hybridized carbons (Fsp3) is 0.462. The number of benzene rings is 1. The number of aliphatic carboxylic acids is 1. The van der Waals surface area contributed by atoms with E-state index < -0.39 is 24.0 Å². The second-order valence-electron chi connectivity index (χ2n) is 4.93. The molecule has 100 valence electrons. The second kappa shape index (κ2) is 5.95. The Kier molecular flexibility index (Phi) is 4.84. The van der Waals surface area contributed by atoms with Crippen LogP contribution in [0.2, 0.25) is 0 Å². The van der Waals surface area contributed by atoms with Crippen LogP contribution in [0.5, 0.6) is 0 Å². The van der Waals surface area contributed by atoms with Gasteiger partial charge in [0.15, 0.2) is 0 Å². The highest BCUT2D eigenvalue weighted by atomic mass is 16.6. The molecule has 5 nitrogen and oxygen atoms in total. The molecule has 1 rings (SSSR count).